The van der Waals surface area contributed by atoms with Gasteiger partial charge in [-0.2, -0.15) is 10.2 Å². The summed E-state index contributed by atoms with van der Waals surface area (Å²) in [5, 5.41) is 12.4. The molecule has 90 valence electrons. The van der Waals surface area contributed by atoms with Crippen molar-refractivity contribution in [2.75, 3.05) is 24.9 Å². The quantitative estimate of drug-likeness (QED) is 0.829. The summed E-state index contributed by atoms with van der Waals surface area (Å²) < 4.78 is 5.10. The van der Waals surface area contributed by atoms with Gasteiger partial charge in [-0.1, -0.05) is 18.2 Å². The number of methoxy groups -OCH3 is 1. The molecule has 5 heteroatoms. The Morgan fingerprint density at radius 2 is 2.24 bits per heavy atom. The van der Waals surface area contributed by atoms with Crippen molar-refractivity contribution >= 4 is 28.2 Å². The molecule has 1 heterocycles. The number of aromatic nitrogens is 2. The van der Waals surface area contributed by atoms with Crippen LogP contribution in [0.15, 0.2) is 30.5 Å². The van der Waals surface area contributed by atoms with Gasteiger partial charge in [-0.25, -0.2) is 0 Å². The largest absolute Gasteiger partial charge is 0.383 e. The Morgan fingerprint density at radius 3 is 3.00 bits per heavy atom. The average Bonchev–Trinajstić information content (AvgIpc) is 2.38. The predicted octanol–water partition coefficient (Wildman–Crippen LogP) is 2.30. The van der Waals surface area contributed by atoms with E-state index < -0.39 is 0 Å². The lowest BCUT2D eigenvalue weighted by Gasteiger charge is -2.17. The van der Waals surface area contributed by atoms with E-state index >= 15 is 0 Å². The summed E-state index contributed by atoms with van der Waals surface area (Å²) in [6.07, 6.45) is 1.71. The summed E-state index contributed by atoms with van der Waals surface area (Å²) in [5.41, 5.74) is 1.79. The molecule has 1 aromatic heterocycles. The maximum absolute atomic E-state index is 5.87. The summed E-state index contributed by atoms with van der Waals surface area (Å²) in [6, 6.07) is 7.91. The molecule has 2 rings (SSSR count). The fourth-order valence-corrected chi connectivity index (χ4v) is 1.83. The van der Waals surface area contributed by atoms with Crippen LogP contribution < -0.4 is 5.32 Å². The molecule has 17 heavy (non-hydrogen) atoms. The van der Waals surface area contributed by atoms with E-state index in [0.717, 1.165) is 16.6 Å². The Morgan fingerprint density at radius 1 is 1.41 bits per heavy atom. The first kappa shape index (κ1) is 12.1. The van der Waals surface area contributed by atoms with E-state index in [2.05, 4.69) is 15.5 Å². The zero-order valence-electron chi connectivity index (χ0n) is 9.56. The Bertz CT molecular complexity index is 487. The number of hydrogen-bond donors (Lipinski definition) is 1. The van der Waals surface area contributed by atoms with Crippen molar-refractivity contribution in [1.82, 2.24) is 10.2 Å². The van der Waals surface area contributed by atoms with Crippen molar-refractivity contribution in [3.63, 3.8) is 0 Å². The molecular weight excluding hydrogens is 238 g/mol. The molecule has 0 saturated heterocycles. The normalized spacial score (nSPS) is 12.6. The Kier molecular flexibility index (Phi) is 4.12. The van der Waals surface area contributed by atoms with Crippen molar-refractivity contribution in [3.05, 3.63) is 30.5 Å². The van der Waals surface area contributed by atoms with Gasteiger partial charge in [0.15, 0.2) is 0 Å². The molecule has 0 aliphatic rings. The monoisotopic (exact) mass is 251 g/mol. The van der Waals surface area contributed by atoms with Crippen molar-refractivity contribution in [1.29, 1.82) is 0 Å². The fraction of sp³-hybridized carbons (Fsp3) is 0.333. The molecule has 0 aliphatic carbocycles. The summed E-state index contributed by atoms with van der Waals surface area (Å²) >= 11 is 5.87. The highest BCUT2D eigenvalue weighted by molar-refractivity contribution is 6.18. The Hall–Kier alpha value is -1.39. The van der Waals surface area contributed by atoms with Crippen LogP contribution in [0.3, 0.4) is 0 Å². The minimum absolute atomic E-state index is 0.0641. The molecule has 1 N–H and O–H groups in total. The maximum atomic E-state index is 5.87. The smallest absolute Gasteiger partial charge is 0.0950 e. The van der Waals surface area contributed by atoms with E-state index in [0.29, 0.717) is 12.5 Å². The second-order valence-electron chi connectivity index (χ2n) is 3.73. The van der Waals surface area contributed by atoms with E-state index in [1.165, 1.54) is 0 Å². The number of nitrogens with zero attached hydrogens (tertiary/aromatic N) is 2. The lowest BCUT2D eigenvalue weighted by Crippen LogP contribution is -2.26. The van der Waals surface area contributed by atoms with Gasteiger partial charge in [0.05, 0.1) is 30.0 Å². The SMILES string of the molecule is COCC(CCl)Nc1cnnc2ccccc12. The van der Waals surface area contributed by atoms with Gasteiger partial charge in [0.1, 0.15) is 0 Å². The van der Waals surface area contributed by atoms with Crippen LogP contribution >= 0.6 is 11.6 Å². The van der Waals surface area contributed by atoms with Crippen LogP contribution in [0.2, 0.25) is 0 Å². The number of alkyl halides is 1. The second kappa shape index (κ2) is 5.80. The molecular formula is C12H14ClN3O. The molecule has 0 spiro atoms. The molecule has 1 aromatic carbocycles. The molecule has 0 bridgehead atoms. The van der Waals surface area contributed by atoms with Crippen LogP contribution in [0, 0.1) is 0 Å². The van der Waals surface area contributed by atoms with Gasteiger partial charge in [-0.15, -0.1) is 11.6 Å². The third-order valence-corrected chi connectivity index (χ3v) is 2.83. The number of nitrogens with one attached hydrogen (secondary N) is 1. The molecule has 0 saturated carbocycles. The number of benzene rings is 1. The van der Waals surface area contributed by atoms with Crippen LogP contribution in [-0.2, 0) is 4.74 Å². The van der Waals surface area contributed by atoms with Crippen LogP contribution in [0.4, 0.5) is 5.69 Å². The second-order valence-corrected chi connectivity index (χ2v) is 4.03. The average molecular weight is 252 g/mol. The molecule has 0 amide bonds. The zero-order valence-corrected chi connectivity index (χ0v) is 10.3. The zero-order chi connectivity index (χ0) is 12.1. The molecule has 1 unspecified atom stereocenters. The number of ether oxygens (including phenoxy) is 1. The van der Waals surface area contributed by atoms with Gasteiger partial charge in [0.2, 0.25) is 0 Å². The van der Waals surface area contributed by atoms with E-state index in [1.54, 1.807) is 13.3 Å². The first-order valence-corrected chi connectivity index (χ1v) is 5.90. The summed E-state index contributed by atoms with van der Waals surface area (Å²) in [6.45, 7) is 0.556. The lowest BCUT2D eigenvalue weighted by atomic mass is 10.2. The van der Waals surface area contributed by atoms with Crippen molar-refractivity contribution in [3.8, 4) is 0 Å². The van der Waals surface area contributed by atoms with Gasteiger partial charge >= 0.3 is 0 Å². The van der Waals surface area contributed by atoms with E-state index in [-0.39, 0.29) is 6.04 Å². The number of anilines is 1. The van der Waals surface area contributed by atoms with Crippen molar-refractivity contribution < 1.29 is 4.74 Å². The van der Waals surface area contributed by atoms with Gasteiger partial charge in [-0.3, -0.25) is 0 Å². The molecule has 1 atom stereocenters. The third-order valence-electron chi connectivity index (χ3n) is 2.46. The predicted molar refractivity (Wildman–Crippen MR) is 69.5 cm³/mol. The third kappa shape index (κ3) is 2.84. The highest BCUT2D eigenvalue weighted by Crippen LogP contribution is 2.20. The molecule has 0 radical (unpaired) electrons. The van der Waals surface area contributed by atoms with Crippen LogP contribution in [0.1, 0.15) is 0 Å². The van der Waals surface area contributed by atoms with Gasteiger partial charge in [-0.05, 0) is 6.07 Å². The fourth-order valence-electron chi connectivity index (χ4n) is 1.67. The summed E-state index contributed by atoms with van der Waals surface area (Å²) in [7, 11) is 1.66. The lowest BCUT2D eigenvalue weighted by molar-refractivity contribution is 0.191. The van der Waals surface area contributed by atoms with E-state index in [4.69, 9.17) is 16.3 Å². The van der Waals surface area contributed by atoms with E-state index in [9.17, 15) is 0 Å². The van der Waals surface area contributed by atoms with Gasteiger partial charge in [0, 0.05) is 18.4 Å². The highest BCUT2D eigenvalue weighted by Gasteiger charge is 2.09. The van der Waals surface area contributed by atoms with Crippen molar-refractivity contribution in [2.45, 2.75) is 6.04 Å². The minimum atomic E-state index is 0.0641. The highest BCUT2D eigenvalue weighted by atomic mass is 35.5. The number of hydrogen-bond acceptors (Lipinski definition) is 4. The van der Waals surface area contributed by atoms with Gasteiger partial charge < -0.3 is 10.1 Å². The van der Waals surface area contributed by atoms with E-state index in [1.807, 2.05) is 24.3 Å². The summed E-state index contributed by atoms with van der Waals surface area (Å²) in [4.78, 5) is 0. The molecule has 4 nitrogen and oxygen atoms in total. The first-order chi connectivity index (χ1) is 8.35. The number of fused-ring (bicyclic) bond motifs is 1. The molecule has 0 aliphatic heterocycles. The van der Waals surface area contributed by atoms with Crippen molar-refractivity contribution in [2.24, 2.45) is 0 Å². The first-order valence-electron chi connectivity index (χ1n) is 5.37. The molecule has 2 aromatic rings. The summed E-state index contributed by atoms with van der Waals surface area (Å²) in [5.74, 6) is 0.477. The number of rotatable bonds is 5. The number of halogens is 1. The van der Waals surface area contributed by atoms with Crippen LogP contribution in [0.5, 0.6) is 0 Å². The molecule has 0 fully saturated rings. The van der Waals surface area contributed by atoms with Crippen LogP contribution in [0.25, 0.3) is 10.9 Å². The minimum Gasteiger partial charge on any atom is -0.383 e. The Balaban J connectivity index is 2.28. The Labute approximate surface area is 105 Å². The maximum Gasteiger partial charge on any atom is 0.0950 e. The van der Waals surface area contributed by atoms with Crippen LogP contribution in [-0.4, -0.2) is 35.8 Å². The topological polar surface area (TPSA) is 47.0 Å². The standard InChI is InChI=1S/C12H14ClN3O/c1-17-8-9(6-13)15-12-7-14-16-11-5-3-2-4-10(11)12/h2-5,7,9H,6,8H2,1H3,(H,15,16). The van der Waals surface area contributed by atoms with Gasteiger partial charge in [0.25, 0.3) is 0 Å².